The van der Waals surface area contributed by atoms with Crippen LogP contribution in [0.2, 0.25) is 0 Å². The van der Waals surface area contributed by atoms with Crippen LogP contribution in [0.1, 0.15) is 22.0 Å². The first kappa shape index (κ1) is 13.6. The Bertz CT molecular complexity index is 370. The van der Waals surface area contributed by atoms with Crippen LogP contribution >= 0.6 is 34.8 Å². The summed E-state index contributed by atoms with van der Waals surface area (Å²) in [4.78, 5) is 11.1. The molecule has 1 N–H and O–H groups in total. The summed E-state index contributed by atoms with van der Waals surface area (Å²) in [6.07, 6.45) is -1.25. The molecule has 0 aliphatic carbocycles. The molecule has 1 unspecified atom stereocenters. The summed E-state index contributed by atoms with van der Waals surface area (Å²) in [7, 11) is 1.28. The molecule has 0 aliphatic rings. The number of carbonyl (C=O) groups excluding carboxylic acids is 1. The van der Waals surface area contributed by atoms with Crippen molar-refractivity contribution >= 4 is 40.8 Å². The molecule has 1 aromatic carbocycles. The minimum atomic E-state index is -1.80. The van der Waals surface area contributed by atoms with Gasteiger partial charge in [0.2, 0.25) is 3.79 Å². The van der Waals surface area contributed by atoms with Crippen LogP contribution in [0.5, 0.6) is 0 Å². The van der Waals surface area contributed by atoms with Crippen LogP contribution in [0.15, 0.2) is 24.3 Å². The van der Waals surface area contributed by atoms with Gasteiger partial charge in [-0.1, -0.05) is 46.9 Å². The first-order valence-electron chi connectivity index (χ1n) is 4.29. The monoisotopic (exact) mass is 282 g/mol. The smallest absolute Gasteiger partial charge is 0.337 e. The van der Waals surface area contributed by atoms with Crippen molar-refractivity contribution in [3.05, 3.63) is 35.4 Å². The summed E-state index contributed by atoms with van der Waals surface area (Å²) in [5.41, 5.74) is 0.774. The summed E-state index contributed by atoms with van der Waals surface area (Å²) < 4.78 is 2.73. The lowest BCUT2D eigenvalue weighted by molar-refractivity contribution is 0.0600. The van der Waals surface area contributed by atoms with Gasteiger partial charge in [0.1, 0.15) is 6.10 Å². The molecule has 0 bridgehead atoms. The molecule has 1 atom stereocenters. The molecule has 3 nitrogen and oxygen atoms in total. The molecule has 0 spiro atoms. The minimum Gasteiger partial charge on any atom is -0.465 e. The van der Waals surface area contributed by atoms with E-state index in [1.165, 1.54) is 31.4 Å². The van der Waals surface area contributed by atoms with Crippen molar-refractivity contribution in [3.8, 4) is 0 Å². The second-order valence-electron chi connectivity index (χ2n) is 3.06. The number of esters is 1. The van der Waals surface area contributed by atoms with Crippen molar-refractivity contribution < 1.29 is 14.6 Å². The van der Waals surface area contributed by atoms with E-state index in [0.29, 0.717) is 11.1 Å². The van der Waals surface area contributed by atoms with Gasteiger partial charge < -0.3 is 9.84 Å². The highest BCUT2D eigenvalue weighted by Gasteiger charge is 2.32. The van der Waals surface area contributed by atoms with Crippen molar-refractivity contribution in [2.75, 3.05) is 7.11 Å². The first-order chi connectivity index (χ1) is 7.36. The number of methoxy groups -OCH3 is 1. The molecule has 0 aromatic heterocycles. The van der Waals surface area contributed by atoms with Crippen LogP contribution in [-0.4, -0.2) is 22.0 Å². The Hall–Kier alpha value is -0.480. The first-order valence-corrected chi connectivity index (χ1v) is 5.42. The molecule has 1 rings (SSSR count). The topological polar surface area (TPSA) is 46.5 Å². The highest BCUT2D eigenvalue weighted by atomic mass is 35.6. The second-order valence-corrected chi connectivity index (χ2v) is 5.43. The lowest BCUT2D eigenvalue weighted by Crippen LogP contribution is -2.16. The number of aliphatic hydroxyl groups excluding tert-OH is 1. The Balaban J connectivity index is 2.91. The Morgan fingerprint density at radius 2 is 1.81 bits per heavy atom. The molecule has 0 heterocycles. The fraction of sp³-hybridized carbons (Fsp3) is 0.300. The fourth-order valence-electron chi connectivity index (χ4n) is 1.11. The van der Waals surface area contributed by atoms with E-state index in [4.69, 9.17) is 34.8 Å². The van der Waals surface area contributed by atoms with Crippen molar-refractivity contribution in [1.29, 1.82) is 0 Å². The average Bonchev–Trinajstić information content (AvgIpc) is 2.26. The molecular weight excluding hydrogens is 274 g/mol. The van der Waals surface area contributed by atoms with Gasteiger partial charge in [0.25, 0.3) is 0 Å². The third kappa shape index (κ3) is 3.25. The maximum atomic E-state index is 11.1. The average molecular weight is 284 g/mol. The van der Waals surface area contributed by atoms with Gasteiger partial charge in [-0.3, -0.25) is 0 Å². The number of hydrogen-bond donors (Lipinski definition) is 1. The van der Waals surface area contributed by atoms with E-state index < -0.39 is 15.9 Å². The standard InChI is InChI=1S/C10H9Cl3O3/c1-16-9(15)7-4-2-6(3-5-7)8(14)10(11,12)13/h2-5,8,14H,1H3. The van der Waals surface area contributed by atoms with Gasteiger partial charge in [0.15, 0.2) is 0 Å². The largest absolute Gasteiger partial charge is 0.465 e. The molecule has 6 heteroatoms. The number of aliphatic hydroxyl groups is 1. The van der Waals surface area contributed by atoms with E-state index in [-0.39, 0.29) is 0 Å². The van der Waals surface area contributed by atoms with Crippen LogP contribution in [0.25, 0.3) is 0 Å². The normalized spacial score (nSPS) is 13.3. The Labute approximate surface area is 108 Å². The van der Waals surface area contributed by atoms with E-state index in [2.05, 4.69) is 4.74 Å². The van der Waals surface area contributed by atoms with Crippen LogP contribution in [0, 0.1) is 0 Å². The van der Waals surface area contributed by atoms with E-state index >= 15 is 0 Å². The second kappa shape index (κ2) is 5.23. The van der Waals surface area contributed by atoms with Gasteiger partial charge >= 0.3 is 5.97 Å². The Kier molecular flexibility index (Phi) is 4.44. The minimum absolute atomic E-state index is 0.364. The van der Waals surface area contributed by atoms with Crippen molar-refractivity contribution in [1.82, 2.24) is 0 Å². The summed E-state index contributed by atoms with van der Waals surface area (Å²) in [5, 5.41) is 9.63. The van der Waals surface area contributed by atoms with Gasteiger partial charge in [0, 0.05) is 0 Å². The maximum absolute atomic E-state index is 11.1. The van der Waals surface area contributed by atoms with Crippen LogP contribution in [-0.2, 0) is 4.74 Å². The van der Waals surface area contributed by atoms with Crippen molar-refractivity contribution in [3.63, 3.8) is 0 Å². The molecule has 0 aliphatic heterocycles. The number of carbonyl (C=O) groups is 1. The van der Waals surface area contributed by atoms with Crippen molar-refractivity contribution in [2.45, 2.75) is 9.90 Å². The van der Waals surface area contributed by atoms with Gasteiger partial charge in [-0.2, -0.15) is 0 Å². The number of ether oxygens (including phenoxy) is 1. The zero-order chi connectivity index (χ0) is 12.3. The quantitative estimate of drug-likeness (QED) is 0.670. The summed E-state index contributed by atoms with van der Waals surface area (Å²) in [6, 6.07) is 5.97. The molecular formula is C10H9Cl3O3. The zero-order valence-corrected chi connectivity index (χ0v) is 10.6. The van der Waals surface area contributed by atoms with Gasteiger partial charge in [0.05, 0.1) is 12.7 Å². The van der Waals surface area contributed by atoms with Gasteiger partial charge in [-0.15, -0.1) is 0 Å². The molecule has 0 saturated carbocycles. The SMILES string of the molecule is COC(=O)c1ccc(C(O)C(Cl)(Cl)Cl)cc1. The molecule has 0 fully saturated rings. The van der Waals surface area contributed by atoms with Gasteiger partial charge in [-0.25, -0.2) is 4.79 Å². The Morgan fingerprint density at radius 3 is 2.19 bits per heavy atom. The lowest BCUT2D eigenvalue weighted by atomic mass is 10.1. The molecule has 0 radical (unpaired) electrons. The van der Waals surface area contributed by atoms with Crippen molar-refractivity contribution in [2.24, 2.45) is 0 Å². The number of rotatable bonds is 2. The van der Waals surface area contributed by atoms with Crippen LogP contribution in [0.3, 0.4) is 0 Å². The summed E-state index contributed by atoms with van der Waals surface area (Å²) in [5.74, 6) is -0.463. The molecule has 88 valence electrons. The van der Waals surface area contributed by atoms with Crippen LogP contribution < -0.4 is 0 Å². The highest BCUT2D eigenvalue weighted by molar-refractivity contribution is 6.68. The third-order valence-corrected chi connectivity index (χ3v) is 2.58. The third-order valence-electron chi connectivity index (χ3n) is 1.96. The van der Waals surface area contributed by atoms with E-state index in [9.17, 15) is 9.90 Å². The van der Waals surface area contributed by atoms with E-state index in [0.717, 1.165) is 0 Å². The molecule has 16 heavy (non-hydrogen) atoms. The number of hydrogen-bond acceptors (Lipinski definition) is 3. The fourth-order valence-corrected chi connectivity index (χ4v) is 1.49. The summed E-state index contributed by atoms with van der Waals surface area (Å²) in [6.45, 7) is 0. The van der Waals surface area contributed by atoms with Gasteiger partial charge in [-0.05, 0) is 17.7 Å². The molecule has 0 amide bonds. The summed E-state index contributed by atoms with van der Waals surface area (Å²) >= 11 is 16.6. The Morgan fingerprint density at radius 1 is 1.31 bits per heavy atom. The maximum Gasteiger partial charge on any atom is 0.337 e. The van der Waals surface area contributed by atoms with E-state index in [1.807, 2.05) is 0 Å². The zero-order valence-electron chi connectivity index (χ0n) is 8.28. The van der Waals surface area contributed by atoms with Crippen LogP contribution in [0.4, 0.5) is 0 Å². The predicted octanol–water partition coefficient (Wildman–Crippen LogP) is 2.88. The molecule has 1 aromatic rings. The number of benzene rings is 1. The number of halogens is 3. The number of alkyl halides is 3. The highest BCUT2D eigenvalue weighted by Crippen LogP contribution is 2.39. The lowest BCUT2D eigenvalue weighted by Gasteiger charge is -2.19. The predicted molar refractivity (Wildman–Crippen MR) is 63.0 cm³/mol. The van der Waals surface area contributed by atoms with E-state index in [1.54, 1.807) is 0 Å². The molecule has 0 saturated heterocycles.